The van der Waals surface area contributed by atoms with Crippen molar-refractivity contribution in [2.24, 2.45) is 0 Å². The molecule has 2 aromatic carbocycles. The van der Waals surface area contributed by atoms with Crippen molar-refractivity contribution in [1.29, 1.82) is 0 Å². The van der Waals surface area contributed by atoms with E-state index < -0.39 is 0 Å². The van der Waals surface area contributed by atoms with Gasteiger partial charge in [0.05, 0.1) is 12.5 Å². The minimum Gasteiger partial charge on any atom is -0.337 e. The highest BCUT2D eigenvalue weighted by Gasteiger charge is 2.15. The van der Waals surface area contributed by atoms with Gasteiger partial charge >= 0.3 is 0 Å². The summed E-state index contributed by atoms with van der Waals surface area (Å²) >= 11 is 6.06. The molecular formula is C20H17ClN4. The first kappa shape index (κ1) is 15.7. The molecule has 2 heterocycles. The predicted octanol–water partition coefficient (Wildman–Crippen LogP) is 4.76. The number of aromatic amines is 1. The van der Waals surface area contributed by atoms with Crippen LogP contribution in [-0.2, 0) is 6.54 Å². The van der Waals surface area contributed by atoms with Crippen molar-refractivity contribution in [2.45, 2.75) is 12.5 Å². The zero-order chi connectivity index (χ0) is 17.1. The second kappa shape index (κ2) is 6.95. The normalized spacial score (nSPS) is 12.2. The molecule has 5 heteroatoms. The van der Waals surface area contributed by atoms with E-state index in [0.717, 1.165) is 22.7 Å². The molecule has 0 bridgehead atoms. The number of aromatic nitrogens is 4. The fraction of sp³-hybridized carbons (Fsp3) is 0.100. The standard InChI is InChI=1S/C20H17ClN4/c21-19-7-5-17(6-8-19)20(13-25-10-9-22-14-25)16-3-1-15(2-4-16)18-11-23-24-12-18/h1-12,14,20H,13H2,(H,23,24). The van der Waals surface area contributed by atoms with Crippen LogP contribution in [0.3, 0.4) is 0 Å². The van der Waals surface area contributed by atoms with Crippen molar-refractivity contribution in [3.8, 4) is 11.1 Å². The lowest BCUT2D eigenvalue weighted by Gasteiger charge is -2.19. The molecule has 1 N–H and O–H groups in total. The Morgan fingerprint density at radius 1 is 0.960 bits per heavy atom. The van der Waals surface area contributed by atoms with E-state index in [0.29, 0.717) is 0 Å². The molecule has 0 aliphatic heterocycles. The highest BCUT2D eigenvalue weighted by molar-refractivity contribution is 6.30. The molecule has 0 amide bonds. The molecular weight excluding hydrogens is 332 g/mol. The summed E-state index contributed by atoms with van der Waals surface area (Å²) in [6, 6.07) is 16.7. The maximum atomic E-state index is 6.06. The Hall–Kier alpha value is -2.85. The lowest BCUT2D eigenvalue weighted by Crippen LogP contribution is -2.09. The fourth-order valence-corrected chi connectivity index (χ4v) is 3.15. The zero-order valence-corrected chi connectivity index (χ0v) is 14.3. The summed E-state index contributed by atoms with van der Waals surface area (Å²) < 4.78 is 2.10. The van der Waals surface area contributed by atoms with Gasteiger partial charge in [0, 0.05) is 41.6 Å². The topological polar surface area (TPSA) is 46.5 Å². The quantitative estimate of drug-likeness (QED) is 0.565. The second-order valence-electron chi connectivity index (χ2n) is 5.97. The number of hydrogen-bond donors (Lipinski definition) is 1. The van der Waals surface area contributed by atoms with Crippen LogP contribution in [-0.4, -0.2) is 19.7 Å². The van der Waals surface area contributed by atoms with Crippen LogP contribution in [0.4, 0.5) is 0 Å². The number of H-pyrrole nitrogens is 1. The Kier molecular flexibility index (Phi) is 4.36. The molecule has 4 nitrogen and oxygen atoms in total. The largest absolute Gasteiger partial charge is 0.337 e. The molecule has 0 aliphatic carbocycles. The Morgan fingerprint density at radius 2 is 1.68 bits per heavy atom. The van der Waals surface area contributed by atoms with Crippen molar-refractivity contribution in [1.82, 2.24) is 19.7 Å². The molecule has 0 fully saturated rings. The van der Waals surface area contributed by atoms with Crippen LogP contribution >= 0.6 is 11.6 Å². The maximum Gasteiger partial charge on any atom is 0.0946 e. The van der Waals surface area contributed by atoms with Gasteiger partial charge in [0.15, 0.2) is 0 Å². The molecule has 2 aromatic heterocycles. The smallest absolute Gasteiger partial charge is 0.0946 e. The van der Waals surface area contributed by atoms with Crippen molar-refractivity contribution in [3.05, 3.63) is 95.8 Å². The number of nitrogens with zero attached hydrogens (tertiary/aromatic N) is 3. The molecule has 0 radical (unpaired) electrons. The lowest BCUT2D eigenvalue weighted by atomic mass is 9.90. The van der Waals surface area contributed by atoms with Gasteiger partial charge in [-0.25, -0.2) is 4.98 Å². The number of rotatable bonds is 5. The third-order valence-corrected chi connectivity index (χ3v) is 4.62. The van der Waals surface area contributed by atoms with Crippen LogP contribution in [0.1, 0.15) is 17.0 Å². The van der Waals surface area contributed by atoms with Crippen LogP contribution in [0.15, 0.2) is 79.6 Å². The number of halogens is 1. The van der Waals surface area contributed by atoms with E-state index in [4.69, 9.17) is 11.6 Å². The molecule has 4 rings (SSSR count). The van der Waals surface area contributed by atoms with Gasteiger partial charge in [-0.2, -0.15) is 5.10 Å². The van der Waals surface area contributed by atoms with Gasteiger partial charge in [0.25, 0.3) is 0 Å². The number of benzene rings is 2. The predicted molar refractivity (Wildman–Crippen MR) is 99.5 cm³/mol. The SMILES string of the molecule is Clc1ccc(C(Cn2ccnc2)c2ccc(-c3cn[nH]c3)cc2)cc1. The van der Waals surface area contributed by atoms with Gasteiger partial charge in [-0.05, 0) is 28.8 Å². The summed E-state index contributed by atoms with van der Waals surface area (Å²) in [5.41, 5.74) is 4.72. The van der Waals surface area contributed by atoms with E-state index >= 15 is 0 Å². The van der Waals surface area contributed by atoms with Crippen molar-refractivity contribution >= 4 is 11.6 Å². The van der Waals surface area contributed by atoms with Crippen molar-refractivity contribution in [2.75, 3.05) is 0 Å². The molecule has 25 heavy (non-hydrogen) atoms. The Labute approximate surface area is 151 Å². The van der Waals surface area contributed by atoms with Crippen molar-refractivity contribution < 1.29 is 0 Å². The molecule has 1 unspecified atom stereocenters. The van der Waals surface area contributed by atoms with Crippen LogP contribution in [0.25, 0.3) is 11.1 Å². The third kappa shape index (κ3) is 3.49. The zero-order valence-electron chi connectivity index (χ0n) is 13.5. The van der Waals surface area contributed by atoms with Gasteiger partial charge in [0.2, 0.25) is 0 Å². The fourth-order valence-electron chi connectivity index (χ4n) is 3.02. The molecule has 0 spiro atoms. The summed E-state index contributed by atoms with van der Waals surface area (Å²) in [5.74, 6) is 0.227. The number of imidazole rings is 1. The summed E-state index contributed by atoms with van der Waals surface area (Å²) in [6.07, 6.45) is 9.38. The van der Waals surface area contributed by atoms with Crippen LogP contribution in [0, 0.1) is 0 Å². The summed E-state index contributed by atoms with van der Waals surface area (Å²) in [7, 11) is 0. The molecule has 124 valence electrons. The van der Waals surface area contributed by atoms with Gasteiger partial charge in [-0.3, -0.25) is 5.10 Å². The average molecular weight is 349 g/mol. The van der Waals surface area contributed by atoms with E-state index in [1.807, 2.05) is 37.1 Å². The minimum atomic E-state index is 0.227. The third-order valence-electron chi connectivity index (χ3n) is 4.37. The Balaban J connectivity index is 1.68. The number of hydrogen-bond acceptors (Lipinski definition) is 2. The molecule has 0 saturated heterocycles. The van der Waals surface area contributed by atoms with E-state index in [2.05, 4.69) is 56.1 Å². The summed E-state index contributed by atoms with van der Waals surface area (Å²) in [6.45, 7) is 0.826. The molecule has 0 saturated carbocycles. The van der Waals surface area contributed by atoms with Crippen LogP contribution in [0.2, 0.25) is 5.02 Å². The monoisotopic (exact) mass is 348 g/mol. The lowest BCUT2D eigenvalue weighted by molar-refractivity contribution is 0.623. The Morgan fingerprint density at radius 3 is 2.28 bits per heavy atom. The van der Waals surface area contributed by atoms with E-state index in [9.17, 15) is 0 Å². The van der Waals surface area contributed by atoms with E-state index in [1.165, 1.54) is 11.1 Å². The Bertz CT molecular complexity index is 911. The van der Waals surface area contributed by atoms with Gasteiger partial charge in [0.1, 0.15) is 0 Å². The minimum absolute atomic E-state index is 0.227. The van der Waals surface area contributed by atoms with Crippen molar-refractivity contribution in [3.63, 3.8) is 0 Å². The molecule has 0 aliphatic rings. The molecule has 1 atom stereocenters. The highest BCUT2D eigenvalue weighted by Crippen LogP contribution is 2.29. The number of nitrogens with one attached hydrogen (secondary N) is 1. The highest BCUT2D eigenvalue weighted by atomic mass is 35.5. The van der Waals surface area contributed by atoms with Gasteiger partial charge in [-0.1, -0.05) is 48.0 Å². The average Bonchev–Trinajstić information content (AvgIpc) is 3.35. The van der Waals surface area contributed by atoms with Crippen LogP contribution < -0.4 is 0 Å². The van der Waals surface area contributed by atoms with Gasteiger partial charge in [-0.15, -0.1) is 0 Å². The first-order valence-electron chi connectivity index (χ1n) is 8.10. The van der Waals surface area contributed by atoms with Crippen LogP contribution in [0.5, 0.6) is 0 Å². The summed E-state index contributed by atoms with van der Waals surface area (Å²) in [5, 5.41) is 7.62. The van der Waals surface area contributed by atoms with Gasteiger partial charge < -0.3 is 4.57 Å². The van der Waals surface area contributed by atoms with E-state index in [1.54, 1.807) is 6.20 Å². The first-order valence-corrected chi connectivity index (χ1v) is 8.48. The second-order valence-corrected chi connectivity index (χ2v) is 6.41. The summed E-state index contributed by atoms with van der Waals surface area (Å²) in [4.78, 5) is 4.16. The first-order chi connectivity index (χ1) is 12.3. The maximum absolute atomic E-state index is 6.06. The van der Waals surface area contributed by atoms with E-state index in [-0.39, 0.29) is 5.92 Å². The molecule has 4 aromatic rings.